The lowest BCUT2D eigenvalue weighted by Gasteiger charge is -2.27. The first-order valence-electron chi connectivity index (χ1n) is 10.7. The number of hydrogen-bond acceptors (Lipinski definition) is 5. The Bertz CT molecular complexity index is 1040. The molecule has 0 aliphatic carbocycles. The van der Waals surface area contributed by atoms with Gasteiger partial charge in [-0.1, -0.05) is 65.3 Å². The lowest BCUT2D eigenvalue weighted by molar-refractivity contribution is 0.0318. The first kappa shape index (κ1) is 22.3. The van der Waals surface area contributed by atoms with Crippen LogP contribution in [0.1, 0.15) is 29.2 Å². The van der Waals surface area contributed by atoms with Gasteiger partial charge in [-0.25, -0.2) is 0 Å². The molecule has 3 aromatic carbocycles. The number of hydrogen-bond donors (Lipinski definition) is 1. The number of rotatable bonds is 9. The quantitative estimate of drug-likeness (QED) is 0.494. The van der Waals surface area contributed by atoms with E-state index in [1.165, 1.54) is 0 Å². The third kappa shape index (κ3) is 5.68. The molecule has 0 aromatic heterocycles. The van der Waals surface area contributed by atoms with Gasteiger partial charge in [0.25, 0.3) is 0 Å². The van der Waals surface area contributed by atoms with Gasteiger partial charge in [-0.3, -0.25) is 4.90 Å². The van der Waals surface area contributed by atoms with Gasteiger partial charge in [0, 0.05) is 31.1 Å². The Morgan fingerprint density at radius 1 is 1.06 bits per heavy atom. The van der Waals surface area contributed by atoms with E-state index < -0.39 is 6.10 Å². The minimum absolute atomic E-state index is 0.0995. The maximum atomic E-state index is 10.8. The van der Waals surface area contributed by atoms with E-state index in [1.54, 1.807) is 7.11 Å². The monoisotopic (exact) mass is 450 g/mol. The average molecular weight is 451 g/mol. The zero-order chi connectivity index (χ0) is 22.3. The summed E-state index contributed by atoms with van der Waals surface area (Å²) in [7, 11) is 1.65. The van der Waals surface area contributed by atoms with Gasteiger partial charge in [0.1, 0.15) is 11.9 Å². The van der Waals surface area contributed by atoms with Crippen molar-refractivity contribution in [3.8, 4) is 5.75 Å². The normalized spacial score (nSPS) is 16.5. The molecule has 1 aliphatic heterocycles. The zero-order valence-corrected chi connectivity index (χ0v) is 18.8. The van der Waals surface area contributed by atoms with E-state index >= 15 is 0 Å². The smallest absolute Gasteiger partial charge is 0.145 e. The highest BCUT2D eigenvalue weighted by atomic mass is 35.5. The number of aliphatic hydroxyl groups is 1. The van der Waals surface area contributed by atoms with Gasteiger partial charge in [0.2, 0.25) is 0 Å². The highest BCUT2D eigenvalue weighted by Crippen LogP contribution is 2.24. The van der Waals surface area contributed by atoms with Crippen LogP contribution in [0.2, 0.25) is 5.02 Å². The molecule has 6 heteroatoms. The lowest BCUT2D eigenvalue weighted by atomic mass is 10.0. The third-order valence-electron chi connectivity index (χ3n) is 5.59. The number of ether oxygens (including phenoxy) is 1. The fraction of sp³-hybridized carbons (Fsp3) is 0.269. The van der Waals surface area contributed by atoms with Crippen LogP contribution in [-0.4, -0.2) is 42.0 Å². The molecule has 5 nitrogen and oxygen atoms in total. The van der Waals surface area contributed by atoms with Crippen molar-refractivity contribution in [2.75, 3.05) is 20.2 Å². The minimum atomic E-state index is -0.609. The minimum Gasteiger partial charge on any atom is -0.497 e. The fourth-order valence-electron chi connectivity index (χ4n) is 3.86. The predicted molar refractivity (Wildman–Crippen MR) is 127 cm³/mol. The first-order valence-corrected chi connectivity index (χ1v) is 11.1. The van der Waals surface area contributed by atoms with Crippen molar-refractivity contribution in [2.45, 2.75) is 25.2 Å². The van der Waals surface area contributed by atoms with Crippen LogP contribution in [0.3, 0.4) is 0 Å². The number of methoxy groups -OCH3 is 1. The van der Waals surface area contributed by atoms with Crippen molar-refractivity contribution < 1.29 is 14.7 Å². The molecule has 3 aromatic rings. The molecule has 1 N–H and O–H groups in total. The molecule has 4 rings (SSSR count). The van der Waals surface area contributed by atoms with Crippen molar-refractivity contribution in [3.63, 3.8) is 0 Å². The molecule has 0 radical (unpaired) electrons. The van der Waals surface area contributed by atoms with E-state index in [0.717, 1.165) is 28.2 Å². The summed E-state index contributed by atoms with van der Waals surface area (Å²) >= 11 is 6.41. The van der Waals surface area contributed by atoms with Crippen LogP contribution in [0.25, 0.3) is 0 Å². The summed E-state index contributed by atoms with van der Waals surface area (Å²) in [6, 6.07) is 25.3. The summed E-state index contributed by atoms with van der Waals surface area (Å²) in [5.74, 6) is 0.811. The molecule has 0 saturated heterocycles. The highest BCUT2D eigenvalue weighted by Gasteiger charge is 2.26. The van der Waals surface area contributed by atoms with Crippen molar-refractivity contribution in [1.29, 1.82) is 0 Å². The summed E-state index contributed by atoms with van der Waals surface area (Å²) in [4.78, 5) is 7.94. The number of benzene rings is 3. The predicted octanol–water partition coefficient (Wildman–Crippen LogP) is 5.08. The van der Waals surface area contributed by atoms with Crippen LogP contribution in [0.15, 0.2) is 84.0 Å². The van der Waals surface area contributed by atoms with Crippen LogP contribution in [0.4, 0.5) is 0 Å². The number of nitrogens with zero attached hydrogens (tertiary/aromatic N) is 2. The van der Waals surface area contributed by atoms with Crippen LogP contribution in [-0.2, 0) is 11.4 Å². The molecular formula is C26H27ClN2O3. The van der Waals surface area contributed by atoms with Crippen LogP contribution in [0, 0.1) is 0 Å². The molecular weight excluding hydrogens is 424 g/mol. The van der Waals surface area contributed by atoms with Crippen molar-refractivity contribution in [3.05, 3.63) is 101 Å². The second-order valence-corrected chi connectivity index (χ2v) is 8.32. The Morgan fingerprint density at radius 3 is 2.50 bits per heavy atom. The summed E-state index contributed by atoms with van der Waals surface area (Å²) in [6.07, 6.45) is -0.00750. The number of halogens is 1. The SMILES string of the molecule is COc1ccc(C2=NOC(CN(Cc3ccccc3Cl)CC(O)c3ccccc3)C2)cc1. The van der Waals surface area contributed by atoms with Crippen molar-refractivity contribution in [2.24, 2.45) is 5.16 Å². The Morgan fingerprint density at radius 2 is 1.78 bits per heavy atom. The summed E-state index contributed by atoms with van der Waals surface area (Å²) in [6.45, 7) is 1.70. The molecule has 0 fully saturated rings. The Hall–Kier alpha value is -2.86. The summed E-state index contributed by atoms with van der Waals surface area (Å²) < 4.78 is 5.23. The summed E-state index contributed by atoms with van der Waals surface area (Å²) in [5, 5.41) is 15.9. The third-order valence-corrected chi connectivity index (χ3v) is 5.95. The molecule has 0 amide bonds. The molecule has 32 heavy (non-hydrogen) atoms. The van der Waals surface area contributed by atoms with Gasteiger partial charge in [-0.15, -0.1) is 0 Å². The van der Waals surface area contributed by atoms with E-state index in [-0.39, 0.29) is 6.10 Å². The van der Waals surface area contributed by atoms with Crippen molar-refractivity contribution >= 4 is 17.3 Å². The molecule has 2 unspecified atom stereocenters. The van der Waals surface area contributed by atoms with Crippen LogP contribution < -0.4 is 4.74 Å². The first-order chi connectivity index (χ1) is 15.6. The highest BCUT2D eigenvalue weighted by molar-refractivity contribution is 6.31. The maximum absolute atomic E-state index is 10.8. The van der Waals surface area contributed by atoms with Crippen LogP contribution in [0.5, 0.6) is 5.75 Å². The molecule has 0 spiro atoms. The van der Waals surface area contributed by atoms with Gasteiger partial charge < -0.3 is 14.7 Å². The molecule has 0 saturated carbocycles. The maximum Gasteiger partial charge on any atom is 0.145 e. The topological polar surface area (TPSA) is 54.3 Å². The Labute approximate surface area is 193 Å². The van der Waals surface area contributed by atoms with Crippen LogP contribution >= 0.6 is 11.6 Å². The molecule has 1 heterocycles. The molecule has 2 atom stereocenters. The molecule has 166 valence electrons. The number of oxime groups is 1. The fourth-order valence-corrected chi connectivity index (χ4v) is 4.06. The van der Waals surface area contributed by atoms with E-state index in [1.807, 2.05) is 78.9 Å². The van der Waals surface area contributed by atoms with Crippen molar-refractivity contribution in [1.82, 2.24) is 4.90 Å². The van der Waals surface area contributed by atoms with Gasteiger partial charge in [0.15, 0.2) is 0 Å². The second kappa shape index (κ2) is 10.6. The van der Waals surface area contributed by atoms with E-state index in [9.17, 15) is 5.11 Å². The molecule has 1 aliphatic rings. The van der Waals surface area contributed by atoms with E-state index in [4.69, 9.17) is 21.2 Å². The standard InChI is InChI=1S/C26H27ClN2O3/c1-31-22-13-11-19(12-14-22)25-15-23(32-28-25)17-29(16-21-9-5-6-10-24(21)27)18-26(30)20-7-3-2-4-8-20/h2-14,23,26,30H,15-18H2,1H3. The molecule has 0 bridgehead atoms. The van der Waals surface area contributed by atoms with Gasteiger partial charge in [-0.2, -0.15) is 0 Å². The van der Waals surface area contributed by atoms with Gasteiger partial charge in [0.05, 0.1) is 18.9 Å². The summed E-state index contributed by atoms with van der Waals surface area (Å²) in [5.41, 5.74) is 3.84. The Kier molecular flexibility index (Phi) is 7.43. The number of aliphatic hydroxyl groups excluding tert-OH is 1. The van der Waals surface area contributed by atoms with Gasteiger partial charge in [-0.05, 0) is 47.0 Å². The largest absolute Gasteiger partial charge is 0.497 e. The average Bonchev–Trinajstić information content (AvgIpc) is 3.29. The zero-order valence-electron chi connectivity index (χ0n) is 18.0. The van der Waals surface area contributed by atoms with E-state index in [2.05, 4.69) is 10.1 Å². The second-order valence-electron chi connectivity index (χ2n) is 7.91. The Balaban J connectivity index is 1.44. The van der Waals surface area contributed by atoms with E-state index in [0.29, 0.717) is 31.1 Å². The lowest BCUT2D eigenvalue weighted by Crippen LogP contribution is -2.35. The van der Waals surface area contributed by atoms with Gasteiger partial charge >= 0.3 is 0 Å².